The minimum atomic E-state index is -0.742. The first kappa shape index (κ1) is 9.48. The maximum Gasteiger partial charge on any atom is 0.283 e. The third kappa shape index (κ3) is 0.881. The van der Waals surface area contributed by atoms with E-state index in [0.29, 0.717) is 0 Å². The molecule has 1 heterocycles. The summed E-state index contributed by atoms with van der Waals surface area (Å²) < 4.78 is 1.10. The summed E-state index contributed by atoms with van der Waals surface area (Å²) in [5, 5.41) is 20.5. The van der Waals surface area contributed by atoms with E-state index in [1.165, 1.54) is 0 Å². The summed E-state index contributed by atoms with van der Waals surface area (Å²) in [6.07, 6.45) is 0. The van der Waals surface area contributed by atoms with Gasteiger partial charge in [-0.1, -0.05) is 0 Å². The summed E-state index contributed by atoms with van der Waals surface area (Å²) in [6.45, 7) is 9.04. The Hall–Kier alpha value is -0.610. The Morgan fingerprint density at radius 1 is 1.25 bits per heavy atom. The topological polar surface area (TPSA) is 46.7 Å². The summed E-state index contributed by atoms with van der Waals surface area (Å²) >= 11 is 0. The predicted molar refractivity (Wildman–Crippen MR) is 44.5 cm³/mol. The molecular weight excluding hydrogens is 156 g/mol. The molecule has 0 spiro atoms. The van der Waals surface area contributed by atoms with Crippen LogP contribution in [0.15, 0.2) is 0 Å². The summed E-state index contributed by atoms with van der Waals surface area (Å²) in [7, 11) is 0. The van der Waals surface area contributed by atoms with Gasteiger partial charge in [-0.3, -0.25) is 5.21 Å². The van der Waals surface area contributed by atoms with Crippen LogP contribution in [-0.2, 0) is 0 Å². The first-order valence-corrected chi connectivity index (χ1v) is 4.04. The second-order valence-corrected chi connectivity index (χ2v) is 4.26. The van der Waals surface area contributed by atoms with Crippen LogP contribution in [0, 0.1) is 0 Å². The van der Waals surface area contributed by atoms with Crippen LogP contribution in [0.5, 0.6) is 0 Å². The fourth-order valence-electron chi connectivity index (χ4n) is 1.60. The van der Waals surface area contributed by atoms with Crippen LogP contribution >= 0.6 is 0 Å². The third-order valence-corrected chi connectivity index (χ3v) is 2.77. The molecule has 2 N–H and O–H groups in total. The van der Waals surface area contributed by atoms with Gasteiger partial charge >= 0.3 is 0 Å². The Balaban J connectivity index is 3.22. The molecule has 0 amide bonds. The zero-order valence-corrected chi connectivity index (χ0v) is 8.29. The van der Waals surface area contributed by atoms with Gasteiger partial charge in [-0.25, -0.2) is 0 Å². The van der Waals surface area contributed by atoms with Gasteiger partial charge in [0.05, 0.1) is 0 Å². The zero-order valence-electron chi connectivity index (χ0n) is 8.29. The molecule has 0 atom stereocenters. The lowest BCUT2D eigenvalue weighted by Gasteiger charge is -2.27. The molecule has 12 heavy (non-hydrogen) atoms. The molecule has 70 valence electrons. The average molecular weight is 173 g/mol. The quantitative estimate of drug-likeness (QED) is 0.425. The fourth-order valence-corrected chi connectivity index (χ4v) is 1.60. The van der Waals surface area contributed by atoms with E-state index in [2.05, 4.69) is 0 Å². The number of hydrogen-bond acceptors (Lipinski definition) is 3. The van der Waals surface area contributed by atoms with Gasteiger partial charge in [0.25, 0.3) is 5.66 Å². The van der Waals surface area contributed by atoms with Crippen molar-refractivity contribution in [3.05, 3.63) is 0 Å². The van der Waals surface area contributed by atoms with Crippen LogP contribution in [0.25, 0.3) is 0 Å². The molecule has 0 aromatic rings. The molecule has 0 aliphatic carbocycles. The molecular formula is C8H17N2O2+. The van der Waals surface area contributed by atoms with E-state index in [0.717, 1.165) is 15.5 Å². The summed E-state index contributed by atoms with van der Waals surface area (Å²) in [5.41, 5.74) is -0.499. The lowest BCUT2D eigenvalue weighted by molar-refractivity contribution is -0.836. The van der Waals surface area contributed by atoms with Crippen molar-refractivity contribution in [3.63, 3.8) is 0 Å². The average Bonchev–Trinajstić information content (AvgIpc) is 2.06. The summed E-state index contributed by atoms with van der Waals surface area (Å²) in [6, 6.07) is 0. The van der Waals surface area contributed by atoms with E-state index in [1.807, 2.05) is 13.8 Å². The molecule has 0 fully saturated rings. The van der Waals surface area contributed by atoms with Gasteiger partial charge in [0.1, 0.15) is 5.54 Å². The molecule has 1 aliphatic rings. The normalized spacial score (nSPS) is 28.2. The van der Waals surface area contributed by atoms with Crippen LogP contribution in [0.1, 0.15) is 34.6 Å². The molecule has 4 heteroatoms. The minimum absolute atomic E-state index is 0.502. The number of hydroxylamine groups is 3. The second-order valence-electron chi connectivity index (χ2n) is 4.26. The highest BCUT2D eigenvalue weighted by atomic mass is 16.6. The lowest BCUT2D eigenvalue weighted by atomic mass is 10.0. The largest absolute Gasteiger partial charge is 0.307 e. The molecule has 0 bridgehead atoms. The third-order valence-electron chi connectivity index (χ3n) is 2.77. The van der Waals surface area contributed by atoms with Crippen molar-refractivity contribution < 1.29 is 15.2 Å². The van der Waals surface area contributed by atoms with Crippen LogP contribution in [0.3, 0.4) is 0 Å². The Morgan fingerprint density at radius 3 is 1.75 bits per heavy atom. The van der Waals surface area contributed by atoms with Crippen LogP contribution in [-0.4, -0.2) is 37.1 Å². The standard InChI is InChI=1S/C8H17N2O2/c1-6-7(2,3)10(12)8(4,5)9(6)11/h11-12H,1-5H3/q+1. The van der Waals surface area contributed by atoms with Crippen molar-refractivity contribution in [1.29, 1.82) is 0 Å². The SMILES string of the molecule is CC1=[N+](O)C(C)(C)N(O)C1(C)C. The maximum absolute atomic E-state index is 9.74. The molecule has 0 saturated carbocycles. The molecule has 0 aromatic carbocycles. The Morgan fingerprint density at radius 2 is 1.67 bits per heavy atom. The first-order chi connectivity index (χ1) is 5.22. The highest BCUT2D eigenvalue weighted by Gasteiger charge is 2.58. The van der Waals surface area contributed by atoms with E-state index in [4.69, 9.17) is 0 Å². The molecule has 1 rings (SSSR count). The van der Waals surface area contributed by atoms with Crippen LogP contribution in [0.2, 0.25) is 0 Å². The van der Waals surface area contributed by atoms with Crippen molar-refractivity contribution in [2.75, 3.05) is 0 Å². The van der Waals surface area contributed by atoms with E-state index in [1.54, 1.807) is 20.8 Å². The monoisotopic (exact) mass is 173 g/mol. The molecule has 0 saturated heterocycles. The Labute approximate surface area is 72.6 Å². The molecule has 0 aromatic heterocycles. The van der Waals surface area contributed by atoms with Crippen molar-refractivity contribution in [2.24, 2.45) is 0 Å². The van der Waals surface area contributed by atoms with Gasteiger partial charge in [0.15, 0.2) is 0 Å². The van der Waals surface area contributed by atoms with Gasteiger partial charge in [-0.15, -0.1) is 5.06 Å². The van der Waals surface area contributed by atoms with Crippen molar-refractivity contribution in [2.45, 2.75) is 45.8 Å². The van der Waals surface area contributed by atoms with Gasteiger partial charge in [0, 0.05) is 20.8 Å². The van der Waals surface area contributed by atoms with Gasteiger partial charge in [-0.05, 0) is 18.6 Å². The van der Waals surface area contributed by atoms with E-state index < -0.39 is 11.2 Å². The smallest absolute Gasteiger partial charge is 0.283 e. The zero-order chi connectivity index (χ0) is 9.73. The molecule has 1 aliphatic heterocycles. The molecule has 0 unspecified atom stereocenters. The lowest BCUT2D eigenvalue weighted by Crippen LogP contribution is -2.51. The van der Waals surface area contributed by atoms with Gasteiger partial charge in [0.2, 0.25) is 5.71 Å². The van der Waals surface area contributed by atoms with Crippen molar-refractivity contribution in [3.8, 4) is 0 Å². The highest BCUT2D eigenvalue weighted by Crippen LogP contribution is 2.31. The van der Waals surface area contributed by atoms with Gasteiger partial charge < -0.3 is 5.21 Å². The Kier molecular flexibility index (Phi) is 1.74. The highest BCUT2D eigenvalue weighted by molar-refractivity contribution is 5.87. The maximum atomic E-state index is 9.74. The number of hydrogen-bond donors (Lipinski definition) is 2. The van der Waals surface area contributed by atoms with Crippen molar-refractivity contribution in [1.82, 2.24) is 5.06 Å². The molecule has 0 radical (unpaired) electrons. The Bertz CT molecular complexity index is 219. The van der Waals surface area contributed by atoms with E-state index in [-0.39, 0.29) is 0 Å². The minimum Gasteiger partial charge on any atom is -0.307 e. The summed E-state index contributed by atoms with van der Waals surface area (Å²) in [4.78, 5) is 0. The fraction of sp³-hybridized carbons (Fsp3) is 0.875. The van der Waals surface area contributed by atoms with Crippen LogP contribution < -0.4 is 0 Å². The van der Waals surface area contributed by atoms with Gasteiger partial charge in [-0.2, -0.15) is 0 Å². The number of nitrogens with zero attached hydrogens (tertiary/aromatic N) is 2. The predicted octanol–water partition coefficient (Wildman–Crippen LogP) is 1.07. The molecule has 4 nitrogen and oxygen atoms in total. The number of rotatable bonds is 0. The summed E-state index contributed by atoms with van der Waals surface area (Å²) in [5.74, 6) is 0. The second kappa shape index (κ2) is 2.20. The first-order valence-electron chi connectivity index (χ1n) is 4.04. The van der Waals surface area contributed by atoms with Crippen LogP contribution in [0.4, 0.5) is 0 Å². The van der Waals surface area contributed by atoms with E-state index >= 15 is 0 Å². The van der Waals surface area contributed by atoms with E-state index in [9.17, 15) is 10.4 Å². The van der Waals surface area contributed by atoms with Crippen molar-refractivity contribution >= 4 is 5.71 Å².